The summed E-state index contributed by atoms with van der Waals surface area (Å²) in [6.45, 7) is 2.28. The topological polar surface area (TPSA) is 94.5 Å². The van der Waals surface area contributed by atoms with Gasteiger partial charge in [-0.05, 0) is 67.1 Å². The molecule has 0 aromatic heterocycles. The largest absolute Gasteiger partial charge is 0.507 e. The molecule has 2 aliphatic heterocycles. The molecule has 1 saturated heterocycles. The van der Waals surface area contributed by atoms with Crippen LogP contribution in [0.3, 0.4) is 0 Å². The first-order valence-corrected chi connectivity index (χ1v) is 11.6. The molecule has 36 heavy (non-hydrogen) atoms. The second-order valence-corrected chi connectivity index (χ2v) is 8.49. The molecule has 5 rings (SSSR count). The number of aliphatic hydroxyl groups is 1. The number of hydrogen-bond donors (Lipinski definition) is 1. The summed E-state index contributed by atoms with van der Waals surface area (Å²) in [5.74, 6) is -0.0203. The average Bonchev–Trinajstić information content (AvgIpc) is 3.46. The Bertz CT molecular complexity index is 1380. The summed E-state index contributed by atoms with van der Waals surface area (Å²) >= 11 is 6.06. The molecular formula is C27H22ClNO7. The minimum Gasteiger partial charge on any atom is -0.507 e. The van der Waals surface area contributed by atoms with Gasteiger partial charge in [-0.2, -0.15) is 0 Å². The second kappa shape index (κ2) is 9.47. The van der Waals surface area contributed by atoms with Gasteiger partial charge in [0.05, 0.1) is 25.3 Å². The number of fused-ring (bicyclic) bond motifs is 1. The van der Waals surface area contributed by atoms with Gasteiger partial charge in [-0.3, -0.25) is 14.5 Å². The molecule has 2 heterocycles. The molecule has 0 saturated carbocycles. The fraction of sp³-hybridized carbons (Fsp3) is 0.185. The summed E-state index contributed by atoms with van der Waals surface area (Å²) in [5.41, 5.74) is 1.25. The van der Waals surface area contributed by atoms with E-state index in [4.69, 9.17) is 30.5 Å². The highest BCUT2D eigenvalue weighted by Gasteiger charge is 2.47. The van der Waals surface area contributed by atoms with E-state index in [0.29, 0.717) is 51.4 Å². The Morgan fingerprint density at radius 3 is 2.50 bits per heavy atom. The zero-order chi connectivity index (χ0) is 25.4. The third-order valence-electron chi connectivity index (χ3n) is 6.00. The highest BCUT2D eigenvalue weighted by Crippen LogP contribution is 2.45. The SMILES string of the molecule is CCOc1cc(C2/C(=C(\O)c3ccc4c(c3)OCO4)C(=O)C(=O)N2c2ccc(Cl)cc2)ccc1OC. The van der Waals surface area contributed by atoms with E-state index in [-0.39, 0.29) is 18.1 Å². The number of halogens is 1. The van der Waals surface area contributed by atoms with E-state index in [1.165, 1.54) is 12.0 Å². The first-order valence-electron chi connectivity index (χ1n) is 11.2. The molecule has 8 nitrogen and oxygen atoms in total. The number of rotatable bonds is 6. The number of methoxy groups -OCH3 is 1. The molecule has 1 amide bonds. The van der Waals surface area contributed by atoms with Gasteiger partial charge in [0.2, 0.25) is 6.79 Å². The molecule has 2 aliphatic rings. The molecular weight excluding hydrogens is 486 g/mol. The maximum absolute atomic E-state index is 13.4. The fourth-order valence-corrected chi connectivity index (χ4v) is 4.47. The van der Waals surface area contributed by atoms with Gasteiger partial charge in [0.1, 0.15) is 5.76 Å². The van der Waals surface area contributed by atoms with E-state index in [1.807, 2.05) is 6.92 Å². The monoisotopic (exact) mass is 507 g/mol. The normalized spacial score (nSPS) is 18.0. The van der Waals surface area contributed by atoms with E-state index in [1.54, 1.807) is 60.7 Å². The van der Waals surface area contributed by atoms with Crippen LogP contribution < -0.4 is 23.8 Å². The van der Waals surface area contributed by atoms with Crippen LogP contribution in [0.4, 0.5) is 5.69 Å². The van der Waals surface area contributed by atoms with Crippen molar-refractivity contribution < 1.29 is 33.6 Å². The summed E-state index contributed by atoms with van der Waals surface area (Å²) in [6, 6.07) is 15.6. The highest BCUT2D eigenvalue weighted by molar-refractivity contribution is 6.51. The fourth-order valence-electron chi connectivity index (χ4n) is 4.35. The van der Waals surface area contributed by atoms with Gasteiger partial charge < -0.3 is 24.1 Å². The molecule has 3 aromatic carbocycles. The van der Waals surface area contributed by atoms with Crippen molar-refractivity contribution in [3.05, 3.63) is 82.4 Å². The van der Waals surface area contributed by atoms with Crippen LogP contribution in [0.2, 0.25) is 5.02 Å². The molecule has 0 spiro atoms. The minimum atomic E-state index is -0.943. The Labute approximate surface area is 212 Å². The first kappa shape index (κ1) is 23.6. The number of anilines is 1. The number of aliphatic hydroxyl groups excluding tert-OH is 1. The lowest BCUT2D eigenvalue weighted by Crippen LogP contribution is -2.29. The van der Waals surface area contributed by atoms with Crippen LogP contribution in [-0.4, -0.2) is 37.3 Å². The van der Waals surface area contributed by atoms with Crippen molar-refractivity contribution in [3.8, 4) is 23.0 Å². The van der Waals surface area contributed by atoms with E-state index in [2.05, 4.69) is 0 Å². The van der Waals surface area contributed by atoms with Crippen molar-refractivity contribution in [2.45, 2.75) is 13.0 Å². The van der Waals surface area contributed by atoms with Crippen LogP contribution in [0.15, 0.2) is 66.2 Å². The average molecular weight is 508 g/mol. The molecule has 0 radical (unpaired) electrons. The third-order valence-corrected chi connectivity index (χ3v) is 6.25. The van der Waals surface area contributed by atoms with Gasteiger partial charge in [0.15, 0.2) is 23.0 Å². The molecule has 0 bridgehead atoms. The van der Waals surface area contributed by atoms with Crippen molar-refractivity contribution >= 4 is 34.7 Å². The molecule has 184 valence electrons. The Balaban J connectivity index is 1.71. The van der Waals surface area contributed by atoms with Crippen molar-refractivity contribution in [3.63, 3.8) is 0 Å². The molecule has 1 N–H and O–H groups in total. The van der Waals surface area contributed by atoms with Crippen molar-refractivity contribution in [1.29, 1.82) is 0 Å². The zero-order valence-corrected chi connectivity index (χ0v) is 20.2. The number of hydrogen-bond acceptors (Lipinski definition) is 7. The maximum Gasteiger partial charge on any atom is 0.300 e. The lowest BCUT2D eigenvalue weighted by Gasteiger charge is -2.26. The van der Waals surface area contributed by atoms with Crippen LogP contribution >= 0.6 is 11.6 Å². The lowest BCUT2D eigenvalue weighted by atomic mass is 9.94. The van der Waals surface area contributed by atoms with Crippen LogP contribution in [0.25, 0.3) is 5.76 Å². The van der Waals surface area contributed by atoms with Crippen molar-refractivity contribution in [2.75, 3.05) is 25.4 Å². The van der Waals surface area contributed by atoms with Gasteiger partial charge in [-0.15, -0.1) is 0 Å². The van der Waals surface area contributed by atoms with Crippen LogP contribution in [0.1, 0.15) is 24.1 Å². The predicted molar refractivity (Wildman–Crippen MR) is 133 cm³/mol. The number of carbonyl (C=O) groups is 2. The summed E-state index contributed by atoms with van der Waals surface area (Å²) in [4.78, 5) is 28.1. The minimum absolute atomic E-state index is 0.0621. The Kier molecular flexibility index (Phi) is 6.20. The molecule has 9 heteroatoms. The molecule has 1 unspecified atom stereocenters. The van der Waals surface area contributed by atoms with Crippen LogP contribution in [0, 0.1) is 0 Å². The van der Waals surface area contributed by atoms with E-state index >= 15 is 0 Å². The number of carbonyl (C=O) groups excluding carboxylic acids is 2. The summed E-state index contributed by atoms with van der Waals surface area (Å²) in [7, 11) is 1.52. The maximum atomic E-state index is 13.4. The number of ether oxygens (including phenoxy) is 4. The van der Waals surface area contributed by atoms with Crippen LogP contribution in [0.5, 0.6) is 23.0 Å². The third kappa shape index (κ3) is 3.99. The van der Waals surface area contributed by atoms with Crippen molar-refractivity contribution in [2.24, 2.45) is 0 Å². The van der Waals surface area contributed by atoms with Crippen molar-refractivity contribution in [1.82, 2.24) is 0 Å². The number of ketones is 1. The molecule has 1 fully saturated rings. The van der Waals surface area contributed by atoms with Gasteiger partial charge >= 0.3 is 0 Å². The Morgan fingerprint density at radius 2 is 1.78 bits per heavy atom. The van der Waals surface area contributed by atoms with Gasteiger partial charge in [-0.25, -0.2) is 0 Å². The van der Waals surface area contributed by atoms with Gasteiger partial charge in [-0.1, -0.05) is 17.7 Å². The second-order valence-electron chi connectivity index (χ2n) is 8.06. The summed E-state index contributed by atoms with van der Waals surface area (Å²) in [5, 5.41) is 11.8. The highest BCUT2D eigenvalue weighted by atomic mass is 35.5. The number of nitrogens with zero attached hydrogens (tertiary/aromatic N) is 1. The number of amides is 1. The quantitative estimate of drug-likeness (QED) is 0.282. The van der Waals surface area contributed by atoms with Gasteiger partial charge in [0, 0.05) is 16.3 Å². The van der Waals surface area contributed by atoms with Crippen LogP contribution in [-0.2, 0) is 9.59 Å². The summed E-state index contributed by atoms with van der Waals surface area (Å²) < 4.78 is 21.9. The Morgan fingerprint density at radius 1 is 1.03 bits per heavy atom. The number of benzene rings is 3. The molecule has 3 aromatic rings. The standard InChI is InChI=1S/C27H22ClNO7/c1-3-34-21-12-15(4-10-19(21)33-2)24-23(25(30)16-5-11-20-22(13-16)36-14-35-20)26(31)27(32)29(24)18-8-6-17(28)7-9-18/h4-13,24,30H,3,14H2,1-2H3/b25-23+. The van der Waals surface area contributed by atoms with Gasteiger partial charge in [0.25, 0.3) is 11.7 Å². The Hall–Kier alpha value is -4.17. The lowest BCUT2D eigenvalue weighted by molar-refractivity contribution is -0.132. The first-order chi connectivity index (χ1) is 17.4. The van der Waals surface area contributed by atoms with E-state index < -0.39 is 17.7 Å². The van der Waals surface area contributed by atoms with E-state index in [9.17, 15) is 14.7 Å². The number of Topliss-reactive ketones (excluding diaryl/α,β-unsaturated/α-hetero) is 1. The summed E-state index contributed by atoms with van der Waals surface area (Å²) in [6.07, 6.45) is 0. The zero-order valence-electron chi connectivity index (χ0n) is 19.5. The van der Waals surface area contributed by atoms with E-state index in [0.717, 1.165) is 0 Å². The predicted octanol–water partition coefficient (Wildman–Crippen LogP) is 5.10. The smallest absolute Gasteiger partial charge is 0.300 e. The molecule has 1 atom stereocenters. The molecule has 0 aliphatic carbocycles.